The van der Waals surface area contributed by atoms with Crippen LogP contribution >= 0.6 is 0 Å². The van der Waals surface area contributed by atoms with Gasteiger partial charge in [0.25, 0.3) is 5.91 Å². The Kier molecular flexibility index (Phi) is 6.19. The van der Waals surface area contributed by atoms with Gasteiger partial charge in [0, 0.05) is 24.8 Å². The second-order valence-corrected chi connectivity index (χ2v) is 7.00. The minimum absolute atomic E-state index is 0.0715. The number of hydrogen-bond donors (Lipinski definition) is 2. The zero-order chi connectivity index (χ0) is 23.6. The zero-order valence-corrected chi connectivity index (χ0v) is 17.4. The van der Waals surface area contributed by atoms with E-state index in [1.165, 1.54) is 0 Å². The number of benzene rings is 1. The number of halogens is 3. The van der Waals surface area contributed by atoms with Crippen molar-refractivity contribution in [3.63, 3.8) is 0 Å². The van der Waals surface area contributed by atoms with Gasteiger partial charge in [-0.3, -0.25) is 9.20 Å². The highest BCUT2D eigenvalue weighted by atomic mass is 19.4. The second kappa shape index (κ2) is 8.69. The third-order valence-electron chi connectivity index (χ3n) is 4.81. The maximum Gasteiger partial charge on any atom is 0.490 e. The van der Waals surface area contributed by atoms with Gasteiger partial charge < -0.3 is 15.0 Å². The maximum atomic E-state index is 11.9. The molecule has 3 heterocycles. The van der Waals surface area contributed by atoms with E-state index in [1.807, 2.05) is 37.3 Å². The molecule has 168 valence electrons. The smallest absolute Gasteiger partial charge is 0.475 e. The van der Waals surface area contributed by atoms with Gasteiger partial charge in [0.2, 0.25) is 0 Å². The molecule has 0 bridgehead atoms. The summed E-state index contributed by atoms with van der Waals surface area (Å²) < 4.78 is 36.1. The van der Waals surface area contributed by atoms with Gasteiger partial charge in [-0.25, -0.2) is 4.79 Å². The number of aliphatic carboxylic acids is 1. The summed E-state index contributed by atoms with van der Waals surface area (Å²) >= 11 is 0. The van der Waals surface area contributed by atoms with Crippen molar-refractivity contribution in [3.8, 4) is 0 Å². The number of pyridine rings is 1. The first-order chi connectivity index (χ1) is 15.0. The molecule has 2 N–H and O–H groups in total. The summed E-state index contributed by atoms with van der Waals surface area (Å²) in [6.07, 6.45) is -5.08. The van der Waals surface area contributed by atoms with Crippen molar-refractivity contribution < 1.29 is 27.9 Å². The fraction of sp³-hybridized carbons (Fsp3) is 0.238. The topological polar surface area (TPSA) is 102 Å². The first kappa shape index (κ1) is 22.8. The Labute approximate surface area is 180 Å². The number of carboxylic acids is 1. The average molecular weight is 447 g/mol. The van der Waals surface area contributed by atoms with Crippen LogP contribution in [0.5, 0.6) is 0 Å². The molecule has 8 nitrogen and oxygen atoms in total. The zero-order valence-electron chi connectivity index (χ0n) is 17.4. The van der Waals surface area contributed by atoms with Crippen molar-refractivity contribution in [1.82, 2.24) is 24.5 Å². The molecule has 0 aliphatic heterocycles. The van der Waals surface area contributed by atoms with Crippen LogP contribution in [0.3, 0.4) is 0 Å². The summed E-state index contributed by atoms with van der Waals surface area (Å²) in [4.78, 5) is 20.8. The lowest BCUT2D eigenvalue weighted by Crippen LogP contribution is -2.21. The molecular weight excluding hydrogens is 427 g/mol. The van der Waals surface area contributed by atoms with Gasteiger partial charge in [0.15, 0.2) is 5.65 Å². The van der Waals surface area contributed by atoms with E-state index in [0.29, 0.717) is 12.1 Å². The van der Waals surface area contributed by atoms with E-state index in [9.17, 15) is 18.0 Å². The molecule has 0 unspecified atom stereocenters. The minimum Gasteiger partial charge on any atom is -0.475 e. The second-order valence-electron chi connectivity index (χ2n) is 7.00. The largest absolute Gasteiger partial charge is 0.490 e. The van der Waals surface area contributed by atoms with E-state index in [4.69, 9.17) is 9.90 Å². The average Bonchev–Trinajstić information content (AvgIpc) is 3.27. The van der Waals surface area contributed by atoms with Crippen LogP contribution in [0.25, 0.3) is 16.7 Å². The molecule has 0 atom stereocenters. The number of carboxylic acid groups (broad SMARTS) is 1. The third-order valence-corrected chi connectivity index (χ3v) is 4.81. The van der Waals surface area contributed by atoms with Crippen LogP contribution in [0.15, 0.2) is 42.5 Å². The molecule has 0 aliphatic rings. The lowest BCUT2D eigenvalue weighted by Gasteiger charge is -2.10. The third kappa shape index (κ3) is 4.56. The SMILES string of the molecule is CNC(=O)c1cccc(Cn2c(C)cc3c2ccc2nnc(C)n23)c1.O=C(O)C(F)(F)F. The molecule has 0 radical (unpaired) electrons. The van der Waals surface area contributed by atoms with E-state index in [-0.39, 0.29) is 5.91 Å². The molecule has 0 saturated carbocycles. The Hall–Kier alpha value is -3.89. The highest BCUT2D eigenvalue weighted by Crippen LogP contribution is 2.23. The van der Waals surface area contributed by atoms with Crippen LogP contribution in [0.2, 0.25) is 0 Å². The number of aromatic nitrogens is 4. The van der Waals surface area contributed by atoms with Crippen LogP contribution in [-0.2, 0) is 11.3 Å². The molecule has 4 rings (SSSR count). The number of amides is 1. The summed E-state index contributed by atoms with van der Waals surface area (Å²) in [5, 5.41) is 18.2. The van der Waals surface area contributed by atoms with Crippen molar-refractivity contribution in [1.29, 1.82) is 0 Å². The number of rotatable bonds is 3. The van der Waals surface area contributed by atoms with Gasteiger partial charge in [0.05, 0.1) is 11.0 Å². The highest BCUT2D eigenvalue weighted by molar-refractivity contribution is 5.94. The molecule has 1 aromatic carbocycles. The summed E-state index contributed by atoms with van der Waals surface area (Å²) in [6.45, 7) is 4.75. The van der Waals surface area contributed by atoms with E-state index in [0.717, 1.165) is 33.8 Å². The van der Waals surface area contributed by atoms with Gasteiger partial charge >= 0.3 is 12.1 Å². The van der Waals surface area contributed by atoms with Crippen molar-refractivity contribution >= 4 is 28.6 Å². The lowest BCUT2D eigenvalue weighted by molar-refractivity contribution is -0.192. The first-order valence-corrected chi connectivity index (χ1v) is 9.44. The number of aryl methyl sites for hydroxylation is 2. The predicted octanol–water partition coefficient (Wildman–Crippen LogP) is 3.34. The number of nitrogens with zero attached hydrogens (tertiary/aromatic N) is 4. The summed E-state index contributed by atoms with van der Waals surface area (Å²) in [6, 6.07) is 13.9. The number of carbonyl (C=O) groups is 2. The van der Waals surface area contributed by atoms with Crippen LogP contribution in [-0.4, -0.2) is 49.4 Å². The van der Waals surface area contributed by atoms with Crippen molar-refractivity contribution in [2.75, 3.05) is 7.05 Å². The van der Waals surface area contributed by atoms with E-state index in [2.05, 4.69) is 43.5 Å². The normalized spacial score (nSPS) is 11.3. The van der Waals surface area contributed by atoms with Crippen molar-refractivity contribution in [3.05, 3.63) is 65.1 Å². The highest BCUT2D eigenvalue weighted by Gasteiger charge is 2.38. The molecule has 3 aromatic heterocycles. The summed E-state index contributed by atoms with van der Waals surface area (Å²) in [5.41, 5.74) is 5.98. The fourth-order valence-corrected chi connectivity index (χ4v) is 3.32. The van der Waals surface area contributed by atoms with Crippen molar-refractivity contribution in [2.45, 2.75) is 26.6 Å². The van der Waals surface area contributed by atoms with Gasteiger partial charge in [-0.05, 0) is 49.7 Å². The van der Waals surface area contributed by atoms with Crippen LogP contribution in [0.4, 0.5) is 13.2 Å². The minimum atomic E-state index is -5.08. The predicted molar refractivity (Wildman–Crippen MR) is 111 cm³/mol. The van der Waals surface area contributed by atoms with Gasteiger partial charge in [-0.15, -0.1) is 10.2 Å². The lowest BCUT2D eigenvalue weighted by atomic mass is 10.1. The number of alkyl halides is 3. The summed E-state index contributed by atoms with van der Waals surface area (Å²) in [7, 11) is 1.64. The number of carbonyl (C=O) groups excluding carboxylic acids is 1. The Morgan fingerprint density at radius 3 is 2.38 bits per heavy atom. The van der Waals surface area contributed by atoms with Crippen LogP contribution in [0, 0.1) is 13.8 Å². The van der Waals surface area contributed by atoms with Gasteiger partial charge in [-0.1, -0.05) is 12.1 Å². The monoisotopic (exact) mass is 447 g/mol. The van der Waals surface area contributed by atoms with Gasteiger partial charge in [0.1, 0.15) is 5.82 Å². The molecule has 32 heavy (non-hydrogen) atoms. The summed E-state index contributed by atoms with van der Waals surface area (Å²) in [5.74, 6) is -1.95. The molecule has 1 amide bonds. The maximum absolute atomic E-state index is 11.9. The molecule has 0 fully saturated rings. The van der Waals surface area contributed by atoms with Crippen LogP contribution < -0.4 is 5.32 Å². The Morgan fingerprint density at radius 2 is 1.75 bits per heavy atom. The van der Waals surface area contributed by atoms with E-state index >= 15 is 0 Å². The molecule has 11 heteroatoms. The standard InChI is InChI=1S/C19H19N5O.C2HF3O2/c1-12-9-17-16(7-8-18-22-21-13(2)24(17)18)23(12)11-14-5-4-6-15(10-14)19(25)20-3;3-2(4,5)1(6)7/h4-10H,11H2,1-3H3,(H,20,25);(H,6,7). The number of fused-ring (bicyclic) bond motifs is 3. The van der Waals surface area contributed by atoms with E-state index < -0.39 is 12.1 Å². The van der Waals surface area contributed by atoms with Crippen LogP contribution in [0.1, 0.15) is 27.4 Å². The van der Waals surface area contributed by atoms with Crippen molar-refractivity contribution in [2.24, 2.45) is 0 Å². The van der Waals surface area contributed by atoms with E-state index in [1.54, 1.807) is 7.05 Å². The Balaban J connectivity index is 0.000000360. The Bertz CT molecular complexity index is 1310. The van der Waals surface area contributed by atoms with Gasteiger partial charge in [-0.2, -0.15) is 13.2 Å². The molecule has 0 spiro atoms. The first-order valence-electron chi connectivity index (χ1n) is 9.44. The molecule has 0 saturated heterocycles. The fourth-order valence-electron chi connectivity index (χ4n) is 3.32. The molecular formula is C21H20F3N5O3. The molecule has 4 aromatic rings. The quantitative estimate of drug-likeness (QED) is 0.502. The molecule has 0 aliphatic carbocycles. The Morgan fingerprint density at radius 1 is 1.06 bits per heavy atom. The number of hydrogen-bond acceptors (Lipinski definition) is 4. The number of nitrogens with one attached hydrogen (secondary N) is 1.